The maximum atomic E-state index is 2.45. The SMILES string of the molecule is CCCCCCCC=CCCC(CCCCCCC)C(C)C. The second-order valence-electron chi connectivity index (χ2n) is 7.46. The van der Waals surface area contributed by atoms with Crippen molar-refractivity contribution in [2.24, 2.45) is 11.8 Å². The highest BCUT2D eigenvalue weighted by atomic mass is 14.2. The molecule has 0 fully saturated rings. The lowest BCUT2D eigenvalue weighted by Crippen LogP contribution is -2.08. The Bertz CT molecular complexity index is 226. The van der Waals surface area contributed by atoms with Crippen LogP contribution in [0.15, 0.2) is 12.2 Å². The zero-order chi connectivity index (χ0) is 16.5. The number of allylic oxidation sites excluding steroid dienone is 2. The summed E-state index contributed by atoms with van der Waals surface area (Å²) < 4.78 is 0. The maximum absolute atomic E-state index is 2.45. The van der Waals surface area contributed by atoms with Gasteiger partial charge in [0, 0.05) is 0 Å². The van der Waals surface area contributed by atoms with Gasteiger partial charge in [-0.15, -0.1) is 0 Å². The van der Waals surface area contributed by atoms with Gasteiger partial charge in [0.1, 0.15) is 0 Å². The molecule has 0 N–H and O–H groups in total. The molecule has 0 aromatic rings. The largest absolute Gasteiger partial charge is 0.0885 e. The number of unbranched alkanes of at least 4 members (excludes halogenated alkanes) is 9. The molecule has 0 heterocycles. The van der Waals surface area contributed by atoms with Crippen LogP contribution in [-0.4, -0.2) is 0 Å². The molecule has 0 bridgehead atoms. The van der Waals surface area contributed by atoms with Gasteiger partial charge in [-0.25, -0.2) is 0 Å². The number of hydrogen-bond acceptors (Lipinski definition) is 0. The summed E-state index contributed by atoms with van der Waals surface area (Å²) in [7, 11) is 0. The summed E-state index contributed by atoms with van der Waals surface area (Å²) in [6.45, 7) is 9.41. The monoisotopic (exact) mass is 308 g/mol. The van der Waals surface area contributed by atoms with Gasteiger partial charge in [0.15, 0.2) is 0 Å². The Kier molecular flexibility index (Phi) is 16.9. The van der Waals surface area contributed by atoms with E-state index in [2.05, 4.69) is 39.8 Å². The van der Waals surface area contributed by atoms with E-state index in [9.17, 15) is 0 Å². The second kappa shape index (κ2) is 17.1. The highest BCUT2D eigenvalue weighted by Gasteiger charge is 2.11. The highest BCUT2D eigenvalue weighted by Crippen LogP contribution is 2.24. The van der Waals surface area contributed by atoms with E-state index >= 15 is 0 Å². The van der Waals surface area contributed by atoms with Crippen LogP contribution in [-0.2, 0) is 0 Å². The van der Waals surface area contributed by atoms with Crippen molar-refractivity contribution in [2.75, 3.05) is 0 Å². The average Bonchev–Trinajstić information content (AvgIpc) is 2.50. The molecule has 0 aromatic heterocycles. The van der Waals surface area contributed by atoms with Gasteiger partial charge in [0.25, 0.3) is 0 Å². The van der Waals surface area contributed by atoms with Crippen LogP contribution in [0.1, 0.15) is 118 Å². The van der Waals surface area contributed by atoms with E-state index in [4.69, 9.17) is 0 Å². The summed E-state index contributed by atoms with van der Waals surface area (Å²) in [5.41, 5.74) is 0. The van der Waals surface area contributed by atoms with Gasteiger partial charge in [-0.3, -0.25) is 0 Å². The summed E-state index contributed by atoms with van der Waals surface area (Å²) in [5.74, 6) is 1.80. The van der Waals surface area contributed by atoms with Crippen LogP contribution in [0.3, 0.4) is 0 Å². The standard InChI is InChI=1S/C22H44/c1-5-7-9-11-12-13-14-16-18-20-22(21(3)4)19-17-15-10-8-6-2/h14,16,21-22H,5-13,15,17-20H2,1-4H3. The molecular weight excluding hydrogens is 264 g/mol. The second-order valence-corrected chi connectivity index (χ2v) is 7.46. The molecule has 0 radical (unpaired) electrons. The number of rotatable bonds is 16. The van der Waals surface area contributed by atoms with E-state index in [1.54, 1.807) is 0 Å². The lowest BCUT2D eigenvalue weighted by atomic mass is 9.86. The molecule has 132 valence electrons. The fourth-order valence-corrected chi connectivity index (χ4v) is 3.23. The van der Waals surface area contributed by atoms with Crippen LogP contribution in [0.4, 0.5) is 0 Å². The first-order chi connectivity index (χ1) is 10.7. The van der Waals surface area contributed by atoms with E-state index in [-0.39, 0.29) is 0 Å². The fourth-order valence-electron chi connectivity index (χ4n) is 3.23. The van der Waals surface area contributed by atoms with Gasteiger partial charge in [-0.2, -0.15) is 0 Å². The van der Waals surface area contributed by atoms with Crippen molar-refractivity contribution in [2.45, 2.75) is 118 Å². The third-order valence-electron chi connectivity index (χ3n) is 4.97. The van der Waals surface area contributed by atoms with Crippen LogP contribution in [0.25, 0.3) is 0 Å². The Labute approximate surface area is 142 Å². The average molecular weight is 309 g/mol. The third kappa shape index (κ3) is 14.7. The van der Waals surface area contributed by atoms with E-state index in [1.807, 2.05) is 0 Å². The predicted octanol–water partition coefficient (Wildman–Crippen LogP) is 8.32. The molecule has 0 rings (SSSR count). The van der Waals surface area contributed by atoms with Gasteiger partial charge in [0.2, 0.25) is 0 Å². The summed E-state index contributed by atoms with van der Waals surface area (Å²) in [6.07, 6.45) is 24.5. The lowest BCUT2D eigenvalue weighted by molar-refractivity contribution is 0.326. The Morgan fingerprint density at radius 1 is 0.591 bits per heavy atom. The summed E-state index contributed by atoms with van der Waals surface area (Å²) in [4.78, 5) is 0. The van der Waals surface area contributed by atoms with Crippen molar-refractivity contribution in [3.05, 3.63) is 12.2 Å². The van der Waals surface area contributed by atoms with E-state index in [1.165, 1.54) is 89.9 Å². The summed E-state index contributed by atoms with van der Waals surface area (Å²) in [6, 6.07) is 0. The first-order valence-corrected chi connectivity index (χ1v) is 10.4. The van der Waals surface area contributed by atoms with Crippen molar-refractivity contribution in [1.29, 1.82) is 0 Å². The molecular formula is C22H44. The van der Waals surface area contributed by atoms with E-state index in [0.717, 1.165) is 11.8 Å². The maximum Gasteiger partial charge on any atom is -0.0348 e. The molecule has 0 saturated carbocycles. The van der Waals surface area contributed by atoms with E-state index in [0.29, 0.717) is 0 Å². The molecule has 0 spiro atoms. The topological polar surface area (TPSA) is 0 Å². The first kappa shape index (κ1) is 21.7. The third-order valence-corrected chi connectivity index (χ3v) is 4.97. The number of hydrogen-bond donors (Lipinski definition) is 0. The normalized spacial score (nSPS) is 13.3. The van der Waals surface area contributed by atoms with Gasteiger partial charge in [-0.1, -0.05) is 104 Å². The molecule has 0 aromatic carbocycles. The van der Waals surface area contributed by atoms with Gasteiger partial charge >= 0.3 is 0 Å². The fraction of sp³-hybridized carbons (Fsp3) is 0.909. The van der Waals surface area contributed by atoms with Crippen molar-refractivity contribution >= 4 is 0 Å². The van der Waals surface area contributed by atoms with Crippen molar-refractivity contribution in [3.63, 3.8) is 0 Å². The molecule has 0 nitrogen and oxygen atoms in total. The molecule has 22 heavy (non-hydrogen) atoms. The quantitative estimate of drug-likeness (QED) is 0.198. The minimum absolute atomic E-state index is 0.855. The molecule has 1 atom stereocenters. The van der Waals surface area contributed by atoms with E-state index < -0.39 is 0 Å². The minimum Gasteiger partial charge on any atom is -0.0885 e. The predicted molar refractivity (Wildman–Crippen MR) is 103 cm³/mol. The van der Waals surface area contributed by atoms with Gasteiger partial charge in [-0.05, 0) is 37.5 Å². The van der Waals surface area contributed by atoms with Gasteiger partial charge in [0.05, 0.1) is 0 Å². The molecule has 0 amide bonds. The zero-order valence-electron chi connectivity index (χ0n) is 16.2. The first-order valence-electron chi connectivity index (χ1n) is 10.4. The van der Waals surface area contributed by atoms with Crippen molar-refractivity contribution < 1.29 is 0 Å². The molecule has 0 aliphatic heterocycles. The summed E-state index contributed by atoms with van der Waals surface area (Å²) >= 11 is 0. The minimum atomic E-state index is 0.855. The molecule has 0 aliphatic rings. The Morgan fingerprint density at radius 2 is 1.14 bits per heavy atom. The van der Waals surface area contributed by atoms with Crippen molar-refractivity contribution in [3.8, 4) is 0 Å². The van der Waals surface area contributed by atoms with Crippen LogP contribution in [0.5, 0.6) is 0 Å². The summed E-state index contributed by atoms with van der Waals surface area (Å²) in [5, 5.41) is 0. The Hall–Kier alpha value is -0.260. The lowest BCUT2D eigenvalue weighted by Gasteiger charge is -2.20. The van der Waals surface area contributed by atoms with Crippen molar-refractivity contribution in [1.82, 2.24) is 0 Å². The molecule has 0 saturated heterocycles. The zero-order valence-corrected chi connectivity index (χ0v) is 16.2. The van der Waals surface area contributed by atoms with Crippen LogP contribution in [0, 0.1) is 11.8 Å². The molecule has 1 unspecified atom stereocenters. The molecule has 0 aliphatic carbocycles. The van der Waals surface area contributed by atoms with Crippen LogP contribution in [0.2, 0.25) is 0 Å². The highest BCUT2D eigenvalue weighted by molar-refractivity contribution is 4.82. The van der Waals surface area contributed by atoms with Crippen LogP contribution >= 0.6 is 0 Å². The van der Waals surface area contributed by atoms with Crippen LogP contribution < -0.4 is 0 Å². The van der Waals surface area contributed by atoms with Gasteiger partial charge < -0.3 is 0 Å². The Balaban J connectivity index is 3.59. The molecule has 0 heteroatoms. The smallest absolute Gasteiger partial charge is 0.0348 e. The Morgan fingerprint density at radius 3 is 1.73 bits per heavy atom.